The van der Waals surface area contributed by atoms with Crippen LogP contribution in [0.1, 0.15) is 30.1 Å². The third kappa shape index (κ3) is 5.00. The molecule has 0 spiro atoms. The van der Waals surface area contributed by atoms with Crippen molar-refractivity contribution in [1.29, 1.82) is 0 Å². The minimum atomic E-state index is -0.0526. The lowest BCUT2D eigenvalue weighted by molar-refractivity contribution is -0.117. The van der Waals surface area contributed by atoms with E-state index in [0.29, 0.717) is 18.0 Å². The molecule has 2 aromatic carbocycles. The Bertz CT molecular complexity index is 940. The molecule has 29 heavy (non-hydrogen) atoms. The molecule has 1 unspecified atom stereocenters. The Labute approximate surface area is 170 Å². The Morgan fingerprint density at radius 2 is 2.07 bits per heavy atom. The van der Waals surface area contributed by atoms with Gasteiger partial charge in [0.05, 0.1) is 12.2 Å². The highest BCUT2D eigenvalue weighted by atomic mass is 16.5. The maximum Gasteiger partial charge on any atom is 0.238 e. The average Bonchev–Trinajstić information content (AvgIpc) is 3.26. The summed E-state index contributed by atoms with van der Waals surface area (Å²) < 4.78 is 5.97. The van der Waals surface area contributed by atoms with E-state index in [9.17, 15) is 4.79 Å². The number of carbonyl (C=O) groups excluding carboxylic acids is 1. The van der Waals surface area contributed by atoms with Crippen molar-refractivity contribution in [3.05, 3.63) is 66.2 Å². The van der Waals surface area contributed by atoms with Crippen molar-refractivity contribution in [3.8, 4) is 11.5 Å². The number of likely N-dealkylation sites (tertiary alicyclic amines) is 1. The van der Waals surface area contributed by atoms with Gasteiger partial charge >= 0.3 is 0 Å². The lowest BCUT2D eigenvalue weighted by atomic mass is 9.97. The number of aromatic amines is 1. The number of carbonyl (C=O) groups is 1. The zero-order chi connectivity index (χ0) is 20.1. The first kappa shape index (κ1) is 19.1. The van der Waals surface area contributed by atoms with Gasteiger partial charge in [0.25, 0.3) is 0 Å². The van der Waals surface area contributed by atoms with Crippen molar-refractivity contribution in [2.24, 2.45) is 0 Å². The number of nitrogens with one attached hydrogen (secondary N) is 2. The fourth-order valence-corrected chi connectivity index (χ4v) is 3.62. The highest BCUT2D eigenvalue weighted by Crippen LogP contribution is 2.29. The lowest BCUT2D eigenvalue weighted by Crippen LogP contribution is -2.40. The number of nitrogens with zero attached hydrogens (tertiary/aromatic N) is 3. The molecule has 1 aliphatic heterocycles. The number of amides is 1. The second-order valence-corrected chi connectivity index (χ2v) is 7.40. The van der Waals surface area contributed by atoms with Gasteiger partial charge in [0, 0.05) is 12.5 Å². The molecule has 1 aliphatic rings. The molecule has 3 aromatic rings. The predicted octanol–water partition coefficient (Wildman–Crippen LogP) is 3.72. The smallest absolute Gasteiger partial charge is 0.238 e. The number of H-pyrrole nitrogens is 1. The van der Waals surface area contributed by atoms with Crippen molar-refractivity contribution in [2.75, 3.05) is 25.0 Å². The van der Waals surface area contributed by atoms with Crippen LogP contribution in [0.5, 0.6) is 11.5 Å². The second kappa shape index (κ2) is 8.87. The minimum absolute atomic E-state index is 0.0526. The molecule has 1 fully saturated rings. The lowest BCUT2D eigenvalue weighted by Gasteiger charge is -2.31. The van der Waals surface area contributed by atoms with Crippen LogP contribution < -0.4 is 10.1 Å². The summed E-state index contributed by atoms with van der Waals surface area (Å²) in [4.78, 5) is 19.1. The van der Waals surface area contributed by atoms with Gasteiger partial charge in [-0.2, -0.15) is 5.10 Å². The maximum atomic E-state index is 12.7. The highest BCUT2D eigenvalue weighted by Gasteiger charge is 2.24. The van der Waals surface area contributed by atoms with E-state index in [-0.39, 0.29) is 11.8 Å². The minimum Gasteiger partial charge on any atom is -0.455 e. The van der Waals surface area contributed by atoms with Crippen LogP contribution in [0.2, 0.25) is 0 Å². The van der Waals surface area contributed by atoms with Gasteiger partial charge in [-0.3, -0.25) is 14.8 Å². The Morgan fingerprint density at radius 3 is 2.86 bits per heavy atom. The third-order valence-electron chi connectivity index (χ3n) is 5.10. The maximum absolute atomic E-state index is 12.7. The molecule has 1 saturated heterocycles. The quantitative estimate of drug-likeness (QED) is 0.669. The van der Waals surface area contributed by atoms with Crippen LogP contribution in [-0.4, -0.2) is 45.6 Å². The van der Waals surface area contributed by atoms with E-state index in [1.54, 1.807) is 0 Å². The molecular formula is C22H25N5O2. The number of para-hydroxylation sites is 2. The predicted molar refractivity (Wildman–Crippen MR) is 111 cm³/mol. The van der Waals surface area contributed by atoms with E-state index in [2.05, 4.69) is 25.4 Å². The molecule has 0 radical (unpaired) electrons. The Kier molecular flexibility index (Phi) is 5.86. The van der Waals surface area contributed by atoms with Crippen molar-refractivity contribution >= 4 is 11.6 Å². The SMILES string of the molecule is Cc1ccc(Oc2ccccc2NC(=O)CN2CCCC(c3ncn[nH]3)C2)cc1. The molecule has 7 nitrogen and oxygen atoms in total. The molecule has 2 heterocycles. The van der Waals surface area contributed by atoms with Crippen LogP contribution in [0.15, 0.2) is 54.9 Å². The van der Waals surface area contributed by atoms with Gasteiger partial charge in [0.15, 0.2) is 5.75 Å². The van der Waals surface area contributed by atoms with Crippen molar-refractivity contribution < 1.29 is 9.53 Å². The molecule has 1 atom stereocenters. The third-order valence-corrected chi connectivity index (χ3v) is 5.10. The number of ether oxygens (including phenoxy) is 1. The highest BCUT2D eigenvalue weighted by molar-refractivity contribution is 5.93. The van der Waals surface area contributed by atoms with E-state index in [1.165, 1.54) is 11.9 Å². The van der Waals surface area contributed by atoms with Crippen molar-refractivity contribution in [1.82, 2.24) is 20.1 Å². The second-order valence-electron chi connectivity index (χ2n) is 7.40. The molecular weight excluding hydrogens is 366 g/mol. The molecule has 0 bridgehead atoms. The largest absolute Gasteiger partial charge is 0.455 e. The first-order valence-corrected chi connectivity index (χ1v) is 9.88. The summed E-state index contributed by atoms with van der Waals surface area (Å²) in [5.41, 5.74) is 1.84. The van der Waals surface area contributed by atoms with Crippen molar-refractivity contribution in [2.45, 2.75) is 25.7 Å². The fourth-order valence-electron chi connectivity index (χ4n) is 3.62. The number of hydrogen-bond donors (Lipinski definition) is 2. The zero-order valence-corrected chi connectivity index (χ0v) is 16.5. The van der Waals surface area contributed by atoms with Gasteiger partial charge in [-0.05, 0) is 50.6 Å². The van der Waals surface area contributed by atoms with Gasteiger partial charge in [-0.15, -0.1) is 0 Å². The van der Waals surface area contributed by atoms with Crippen LogP contribution in [0, 0.1) is 6.92 Å². The van der Waals surface area contributed by atoms with E-state index in [4.69, 9.17) is 4.74 Å². The number of anilines is 1. The molecule has 7 heteroatoms. The number of aromatic nitrogens is 3. The number of hydrogen-bond acceptors (Lipinski definition) is 5. The summed E-state index contributed by atoms with van der Waals surface area (Å²) >= 11 is 0. The van der Waals surface area contributed by atoms with Crippen molar-refractivity contribution in [3.63, 3.8) is 0 Å². The van der Waals surface area contributed by atoms with Gasteiger partial charge in [-0.25, -0.2) is 4.98 Å². The number of rotatable bonds is 6. The first-order chi connectivity index (χ1) is 14.2. The Morgan fingerprint density at radius 1 is 1.24 bits per heavy atom. The van der Waals surface area contributed by atoms with Crippen LogP contribution in [-0.2, 0) is 4.79 Å². The van der Waals surface area contributed by atoms with Gasteiger partial charge in [0.1, 0.15) is 17.9 Å². The molecule has 1 aromatic heterocycles. The average molecular weight is 391 g/mol. The van der Waals surface area contributed by atoms with Crippen LogP contribution >= 0.6 is 0 Å². The number of piperidine rings is 1. The topological polar surface area (TPSA) is 83.1 Å². The molecule has 2 N–H and O–H groups in total. The normalized spacial score (nSPS) is 17.1. The van der Waals surface area contributed by atoms with Gasteiger partial charge in [0.2, 0.25) is 5.91 Å². The summed E-state index contributed by atoms with van der Waals surface area (Å²) in [6.45, 7) is 4.07. The van der Waals surface area contributed by atoms with E-state index >= 15 is 0 Å². The molecule has 0 saturated carbocycles. The van der Waals surface area contributed by atoms with E-state index in [1.807, 2.05) is 55.5 Å². The summed E-state index contributed by atoms with van der Waals surface area (Å²) in [6.07, 6.45) is 3.62. The zero-order valence-electron chi connectivity index (χ0n) is 16.5. The summed E-state index contributed by atoms with van der Waals surface area (Å²) in [5, 5.41) is 9.89. The summed E-state index contributed by atoms with van der Waals surface area (Å²) in [7, 11) is 0. The Hall–Kier alpha value is -3.19. The summed E-state index contributed by atoms with van der Waals surface area (Å²) in [5.74, 6) is 2.50. The number of aryl methyl sites for hydroxylation is 1. The standard InChI is InChI=1S/C22H25N5O2/c1-16-8-10-18(11-9-16)29-20-7-3-2-6-19(20)25-21(28)14-27-12-4-5-17(13-27)22-23-15-24-26-22/h2-3,6-11,15,17H,4-5,12-14H2,1H3,(H,25,28)(H,23,24,26). The number of benzene rings is 2. The summed E-state index contributed by atoms with van der Waals surface area (Å²) in [6, 6.07) is 15.3. The Balaban J connectivity index is 1.37. The molecule has 4 rings (SSSR count). The van der Waals surface area contributed by atoms with Gasteiger partial charge < -0.3 is 10.1 Å². The monoisotopic (exact) mass is 391 g/mol. The first-order valence-electron chi connectivity index (χ1n) is 9.88. The molecule has 1 amide bonds. The molecule has 0 aliphatic carbocycles. The van der Waals surface area contributed by atoms with E-state index in [0.717, 1.165) is 37.5 Å². The van der Waals surface area contributed by atoms with Crippen LogP contribution in [0.4, 0.5) is 5.69 Å². The molecule has 150 valence electrons. The van der Waals surface area contributed by atoms with Crippen LogP contribution in [0.3, 0.4) is 0 Å². The van der Waals surface area contributed by atoms with Crippen LogP contribution in [0.25, 0.3) is 0 Å². The fraction of sp³-hybridized carbons (Fsp3) is 0.318. The van der Waals surface area contributed by atoms with Gasteiger partial charge in [-0.1, -0.05) is 29.8 Å². The van der Waals surface area contributed by atoms with E-state index < -0.39 is 0 Å².